The van der Waals surface area contributed by atoms with Gasteiger partial charge in [0.15, 0.2) is 0 Å². The predicted molar refractivity (Wildman–Crippen MR) is 66.3 cm³/mol. The standard InChI is InChI=1S/C12H8Cl2FN/c13-7-5-9(14)12(11(16)6-7)8-3-1-2-4-10(8)15/h1-6H,16H2. The van der Waals surface area contributed by atoms with Gasteiger partial charge in [-0.1, -0.05) is 41.4 Å². The molecule has 16 heavy (non-hydrogen) atoms. The molecule has 0 aliphatic carbocycles. The predicted octanol–water partition coefficient (Wildman–Crippen LogP) is 4.38. The highest BCUT2D eigenvalue weighted by Crippen LogP contribution is 2.36. The lowest BCUT2D eigenvalue weighted by molar-refractivity contribution is 0.631. The van der Waals surface area contributed by atoms with Crippen LogP contribution in [0, 0.1) is 5.82 Å². The van der Waals surface area contributed by atoms with Crippen molar-refractivity contribution in [3.05, 3.63) is 52.3 Å². The van der Waals surface area contributed by atoms with Gasteiger partial charge in [-0.2, -0.15) is 0 Å². The lowest BCUT2D eigenvalue weighted by Crippen LogP contribution is -1.93. The molecule has 1 nitrogen and oxygen atoms in total. The van der Waals surface area contributed by atoms with E-state index in [0.29, 0.717) is 26.9 Å². The van der Waals surface area contributed by atoms with Gasteiger partial charge in [-0.05, 0) is 18.2 Å². The van der Waals surface area contributed by atoms with Crippen molar-refractivity contribution in [1.29, 1.82) is 0 Å². The molecule has 0 aromatic heterocycles. The van der Waals surface area contributed by atoms with Gasteiger partial charge in [0.2, 0.25) is 0 Å². The number of anilines is 1. The largest absolute Gasteiger partial charge is 0.398 e. The van der Waals surface area contributed by atoms with E-state index in [-0.39, 0.29) is 5.82 Å². The Hall–Kier alpha value is -1.25. The Morgan fingerprint density at radius 3 is 2.38 bits per heavy atom. The zero-order valence-electron chi connectivity index (χ0n) is 8.18. The third-order valence-electron chi connectivity index (χ3n) is 2.23. The van der Waals surface area contributed by atoms with Crippen molar-refractivity contribution in [2.24, 2.45) is 0 Å². The van der Waals surface area contributed by atoms with E-state index in [4.69, 9.17) is 28.9 Å². The molecule has 2 rings (SSSR count). The first-order valence-electron chi connectivity index (χ1n) is 4.59. The van der Waals surface area contributed by atoms with Crippen LogP contribution in [0.1, 0.15) is 0 Å². The van der Waals surface area contributed by atoms with Gasteiger partial charge < -0.3 is 5.73 Å². The fourth-order valence-electron chi connectivity index (χ4n) is 1.54. The SMILES string of the molecule is Nc1cc(Cl)cc(Cl)c1-c1ccccc1F. The maximum atomic E-state index is 13.6. The summed E-state index contributed by atoms with van der Waals surface area (Å²) in [6, 6.07) is 9.42. The number of hydrogen-bond donors (Lipinski definition) is 1. The van der Waals surface area contributed by atoms with Crippen LogP contribution in [0.15, 0.2) is 36.4 Å². The second-order valence-corrected chi connectivity index (χ2v) is 4.18. The van der Waals surface area contributed by atoms with Crippen LogP contribution in [0.4, 0.5) is 10.1 Å². The first-order chi connectivity index (χ1) is 7.59. The molecule has 0 aliphatic heterocycles. The quantitative estimate of drug-likeness (QED) is 0.752. The number of nitrogen functional groups attached to an aromatic ring is 1. The summed E-state index contributed by atoms with van der Waals surface area (Å²) in [4.78, 5) is 0. The van der Waals surface area contributed by atoms with E-state index in [2.05, 4.69) is 0 Å². The third kappa shape index (κ3) is 1.99. The van der Waals surface area contributed by atoms with Crippen molar-refractivity contribution < 1.29 is 4.39 Å². The molecule has 2 aromatic rings. The van der Waals surface area contributed by atoms with Gasteiger partial charge >= 0.3 is 0 Å². The van der Waals surface area contributed by atoms with Gasteiger partial charge in [-0.15, -0.1) is 0 Å². The minimum atomic E-state index is -0.363. The summed E-state index contributed by atoms with van der Waals surface area (Å²) in [6.45, 7) is 0. The van der Waals surface area contributed by atoms with Crippen molar-refractivity contribution in [1.82, 2.24) is 0 Å². The van der Waals surface area contributed by atoms with Gasteiger partial charge in [0, 0.05) is 21.8 Å². The van der Waals surface area contributed by atoms with E-state index in [1.807, 2.05) is 0 Å². The van der Waals surface area contributed by atoms with Crippen molar-refractivity contribution in [3.8, 4) is 11.1 Å². The fourth-order valence-corrected chi connectivity index (χ4v) is 2.15. The second kappa shape index (κ2) is 4.32. The van der Waals surface area contributed by atoms with E-state index < -0.39 is 0 Å². The first kappa shape index (κ1) is 11.2. The summed E-state index contributed by atoms with van der Waals surface area (Å²) >= 11 is 11.8. The summed E-state index contributed by atoms with van der Waals surface area (Å²) in [6.07, 6.45) is 0. The second-order valence-electron chi connectivity index (χ2n) is 3.33. The summed E-state index contributed by atoms with van der Waals surface area (Å²) < 4.78 is 13.6. The van der Waals surface area contributed by atoms with Gasteiger partial charge in [0.25, 0.3) is 0 Å². The molecule has 0 radical (unpaired) electrons. The van der Waals surface area contributed by atoms with Crippen LogP contribution < -0.4 is 5.73 Å². The molecule has 0 spiro atoms. The van der Waals surface area contributed by atoms with Crippen LogP contribution in [0.3, 0.4) is 0 Å². The molecule has 0 heterocycles. The zero-order chi connectivity index (χ0) is 11.7. The molecule has 82 valence electrons. The summed E-state index contributed by atoms with van der Waals surface area (Å²) in [7, 11) is 0. The van der Waals surface area contributed by atoms with E-state index in [0.717, 1.165) is 0 Å². The molecule has 0 fully saturated rings. The van der Waals surface area contributed by atoms with Gasteiger partial charge in [-0.25, -0.2) is 4.39 Å². The number of benzene rings is 2. The van der Waals surface area contributed by atoms with Crippen LogP contribution >= 0.6 is 23.2 Å². The Morgan fingerprint density at radius 2 is 1.75 bits per heavy atom. The van der Waals surface area contributed by atoms with Crippen LogP contribution in [-0.4, -0.2) is 0 Å². The first-order valence-corrected chi connectivity index (χ1v) is 5.34. The van der Waals surface area contributed by atoms with Crippen LogP contribution in [0.2, 0.25) is 10.0 Å². The lowest BCUT2D eigenvalue weighted by Gasteiger charge is -2.09. The molecular weight excluding hydrogens is 248 g/mol. The number of nitrogens with two attached hydrogens (primary N) is 1. The average Bonchev–Trinajstić information content (AvgIpc) is 2.19. The average molecular weight is 256 g/mol. The van der Waals surface area contributed by atoms with Gasteiger partial charge in [0.05, 0.1) is 5.02 Å². The van der Waals surface area contributed by atoms with E-state index in [1.165, 1.54) is 6.07 Å². The number of hydrogen-bond acceptors (Lipinski definition) is 1. The van der Waals surface area contributed by atoms with E-state index in [9.17, 15) is 4.39 Å². The summed E-state index contributed by atoms with van der Waals surface area (Å²) in [5.74, 6) is -0.363. The molecule has 0 aliphatic rings. The molecular formula is C12H8Cl2FN. The molecule has 0 atom stereocenters. The van der Waals surface area contributed by atoms with Crippen molar-refractivity contribution in [3.63, 3.8) is 0 Å². The molecule has 0 amide bonds. The van der Waals surface area contributed by atoms with Crippen LogP contribution in [-0.2, 0) is 0 Å². The monoisotopic (exact) mass is 255 g/mol. The Bertz CT molecular complexity index is 517. The highest BCUT2D eigenvalue weighted by atomic mass is 35.5. The van der Waals surface area contributed by atoms with Crippen molar-refractivity contribution in [2.45, 2.75) is 0 Å². The van der Waals surface area contributed by atoms with Crippen molar-refractivity contribution in [2.75, 3.05) is 5.73 Å². The topological polar surface area (TPSA) is 26.0 Å². The zero-order valence-corrected chi connectivity index (χ0v) is 9.69. The maximum absolute atomic E-state index is 13.6. The highest BCUT2D eigenvalue weighted by Gasteiger charge is 2.12. The normalized spacial score (nSPS) is 10.4. The Kier molecular flexibility index (Phi) is 3.03. The van der Waals surface area contributed by atoms with Gasteiger partial charge in [-0.3, -0.25) is 0 Å². The van der Waals surface area contributed by atoms with E-state index in [1.54, 1.807) is 30.3 Å². The lowest BCUT2D eigenvalue weighted by atomic mass is 10.0. The smallest absolute Gasteiger partial charge is 0.131 e. The molecule has 4 heteroatoms. The van der Waals surface area contributed by atoms with Crippen LogP contribution in [0.25, 0.3) is 11.1 Å². The molecule has 0 unspecified atom stereocenters. The van der Waals surface area contributed by atoms with Gasteiger partial charge in [0.1, 0.15) is 5.82 Å². The minimum Gasteiger partial charge on any atom is -0.398 e. The molecule has 0 saturated carbocycles. The molecule has 2 aromatic carbocycles. The maximum Gasteiger partial charge on any atom is 0.131 e. The number of rotatable bonds is 1. The molecule has 0 saturated heterocycles. The number of halogens is 3. The fraction of sp³-hybridized carbons (Fsp3) is 0. The van der Waals surface area contributed by atoms with E-state index >= 15 is 0 Å². The Balaban J connectivity index is 2.70. The minimum absolute atomic E-state index is 0.343. The summed E-state index contributed by atoms with van der Waals surface area (Å²) in [5.41, 5.74) is 7.00. The van der Waals surface area contributed by atoms with Crippen molar-refractivity contribution >= 4 is 28.9 Å². The molecule has 0 bridgehead atoms. The van der Waals surface area contributed by atoms with Crippen LogP contribution in [0.5, 0.6) is 0 Å². The highest BCUT2D eigenvalue weighted by molar-refractivity contribution is 6.37. The summed E-state index contributed by atoms with van der Waals surface area (Å²) in [5, 5.41) is 0.776. The Labute approximate surface area is 103 Å². The third-order valence-corrected chi connectivity index (χ3v) is 2.75. The molecule has 2 N–H and O–H groups in total. The Morgan fingerprint density at radius 1 is 1.06 bits per heavy atom.